The monoisotopic (exact) mass is 448 g/mol. The van der Waals surface area contributed by atoms with Crippen LogP contribution < -0.4 is 9.57 Å². The van der Waals surface area contributed by atoms with E-state index in [9.17, 15) is 14.4 Å². The van der Waals surface area contributed by atoms with Crippen LogP contribution in [0.3, 0.4) is 0 Å². The number of rotatable bonds is 8. The van der Waals surface area contributed by atoms with Crippen molar-refractivity contribution in [3.05, 3.63) is 43.0 Å². The van der Waals surface area contributed by atoms with Crippen molar-refractivity contribution in [2.45, 2.75) is 51.8 Å². The van der Waals surface area contributed by atoms with Gasteiger partial charge in [-0.05, 0) is 12.1 Å². The van der Waals surface area contributed by atoms with Crippen molar-refractivity contribution < 1.29 is 42.9 Å². The summed E-state index contributed by atoms with van der Waals surface area (Å²) in [4.78, 5) is 44.2. The molecule has 32 heavy (non-hydrogen) atoms. The number of esters is 3. The summed E-state index contributed by atoms with van der Waals surface area (Å²) in [6, 6.07) is 6.89. The van der Waals surface area contributed by atoms with Crippen LogP contribution >= 0.6 is 0 Å². The predicted octanol–water partition coefficient (Wildman–Crippen LogP) is 1.65. The normalized spacial score (nSPS) is 22.5. The molecule has 4 unspecified atom stereocenters. The minimum atomic E-state index is -0.979. The number of hydrogen-bond acceptors (Lipinski definition) is 10. The second kappa shape index (κ2) is 10.6. The van der Waals surface area contributed by atoms with Gasteiger partial charge in [-0.3, -0.25) is 14.4 Å². The molecule has 1 aromatic carbocycles. The molecule has 0 N–H and O–H groups in total. The molecule has 0 saturated carbocycles. The molecule has 0 bridgehead atoms. The van der Waals surface area contributed by atoms with E-state index < -0.39 is 42.5 Å². The average molecular weight is 448 g/mol. The fourth-order valence-corrected chi connectivity index (χ4v) is 3.15. The zero-order chi connectivity index (χ0) is 23.1. The lowest BCUT2D eigenvalue weighted by Gasteiger charge is -2.39. The highest BCUT2D eigenvalue weighted by Gasteiger charge is 2.44. The average Bonchev–Trinajstić information content (AvgIpc) is 3.22. The van der Waals surface area contributed by atoms with Crippen molar-refractivity contribution in [3.63, 3.8) is 0 Å². The maximum Gasteiger partial charge on any atom is 0.303 e. The van der Waals surface area contributed by atoms with E-state index in [0.29, 0.717) is 11.5 Å². The van der Waals surface area contributed by atoms with E-state index in [-0.39, 0.29) is 13.0 Å². The SMILES string of the molecule is CC(=O)OCC1OC(Oc2ccccc2On2ccnc2)CC(OC(C)=O)C1OC(C)=O. The van der Waals surface area contributed by atoms with Crippen LogP contribution in [0.4, 0.5) is 0 Å². The standard InChI is InChI=1S/C21H24N2O9/c1-13(24)27-11-19-21(29-15(3)26)18(28-14(2)25)10-20(31-19)30-16-6-4-5-7-17(16)32-23-9-8-22-12-23/h4-9,12,18-21H,10-11H2,1-3H3. The Bertz CT molecular complexity index is 931. The molecule has 4 atom stereocenters. The van der Waals surface area contributed by atoms with E-state index in [2.05, 4.69) is 4.98 Å². The van der Waals surface area contributed by atoms with E-state index >= 15 is 0 Å². The van der Waals surface area contributed by atoms with E-state index in [1.165, 1.54) is 31.8 Å². The summed E-state index contributed by atoms with van der Waals surface area (Å²) in [5.41, 5.74) is 0. The third-order valence-electron chi connectivity index (χ3n) is 4.35. The van der Waals surface area contributed by atoms with Crippen LogP contribution in [-0.4, -0.2) is 58.8 Å². The highest BCUT2D eigenvalue weighted by Crippen LogP contribution is 2.32. The first kappa shape index (κ1) is 23.1. The number of ether oxygens (including phenoxy) is 5. The molecule has 1 aliphatic rings. The van der Waals surface area contributed by atoms with Crippen molar-refractivity contribution in [1.29, 1.82) is 0 Å². The zero-order valence-electron chi connectivity index (χ0n) is 17.8. The van der Waals surface area contributed by atoms with Gasteiger partial charge < -0.3 is 28.5 Å². The first-order valence-corrected chi connectivity index (χ1v) is 9.87. The fraction of sp³-hybridized carbons (Fsp3) is 0.429. The molecule has 0 spiro atoms. The summed E-state index contributed by atoms with van der Waals surface area (Å²) in [5.74, 6) is -0.965. The minimum Gasteiger partial charge on any atom is -0.463 e. The molecule has 11 heteroatoms. The molecule has 1 fully saturated rings. The number of imidazole rings is 1. The summed E-state index contributed by atoms with van der Waals surface area (Å²) in [7, 11) is 0. The van der Waals surface area contributed by atoms with Crippen LogP contribution in [0.5, 0.6) is 11.5 Å². The zero-order valence-corrected chi connectivity index (χ0v) is 17.8. The molecular weight excluding hydrogens is 424 g/mol. The molecular formula is C21H24N2O9. The molecule has 1 aromatic heterocycles. The topological polar surface area (TPSA) is 124 Å². The number of carbonyl (C=O) groups is 3. The number of para-hydroxylation sites is 2. The van der Waals surface area contributed by atoms with E-state index in [1.54, 1.807) is 36.7 Å². The summed E-state index contributed by atoms with van der Waals surface area (Å²) in [5, 5.41) is 0. The van der Waals surface area contributed by atoms with Gasteiger partial charge in [0.1, 0.15) is 25.1 Å². The lowest BCUT2D eigenvalue weighted by molar-refractivity contribution is -0.246. The third kappa shape index (κ3) is 6.45. The van der Waals surface area contributed by atoms with Crippen LogP contribution in [0.2, 0.25) is 0 Å². The van der Waals surface area contributed by atoms with Gasteiger partial charge in [-0.15, -0.1) is 0 Å². The Balaban J connectivity index is 1.81. The fourth-order valence-electron chi connectivity index (χ4n) is 3.15. The van der Waals surface area contributed by atoms with Crippen molar-refractivity contribution >= 4 is 17.9 Å². The number of nitrogens with zero attached hydrogens (tertiary/aromatic N) is 2. The van der Waals surface area contributed by atoms with Crippen molar-refractivity contribution in [2.75, 3.05) is 6.61 Å². The van der Waals surface area contributed by atoms with Gasteiger partial charge in [-0.25, -0.2) is 4.98 Å². The first-order chi connectivity index (χ1) is 15.3. The van der Waals surface area contributed by atoms with Crippen molar-refractivity contribution in [1.82, 2.24) is 9.71 Å². The van der Waals surface area contributed by atoms with Crippen LogP contribution in [0, 0.1) is 0 Å². The Labute approximate surface area is 184 Å². The predicted molar refractivity (Wildman–Crippen MR) is 106 cm³/mol. The van der Waals surface area contributed by atoms with Gasteiger partial charge in [0.25, 0.3) is 0 Å². The highest BCUT2D eigenvalue weighted by molar-refractivity contribution is 5.67. The van der Waals surface area contributed by atoms with Gasteiger partial charge in [0, 0.05) is 27.0 Å². The Morgan fingerprint density at radius 3 is 2.41 bits per heavy atom. The van der Waals surface area contributed by atoms with Crippen LogP contribution in [0.15, 0.2) is 43.0 Å². The summed E-state index contributed by atoms with van der Waals surface area (Å²) in [6.45, 7) is 3.48. The third-order valence-corrected chi connectivity index (χ3v) is 4.35. The second-order valence-electron chi connectivity index (χ2n) is 6.94. The highest BCUT2D eigenvalue weighted by atomic mass is 16.7. The van der Waals surface area contributed by atoms with Crippen LogP contribution in [0.1, 0.15) is 27.2 Å². The molecule has 172 valence electrons. The number of benzene rings is 1. The van der Waals surface area contributed by atoms with Gasteiger partial charge in [0.15, 0.2) is 17.6 Å². The maximum atomic E-state index is 11.7. The Hall–Kier alpha value is -3.60. The molecule has 2 heterocycles. The van der Waals surface area contributed by atoms with Gasteiger partial charge in [-0.2, -0.15) is 4.73 Å². The summed E-state index contributed by atoms with van der Waals surface area (Å²) >= 11 is 0. The first-order valence-electron chi connectivity index (χ1n) is 9.87. The lowest BCUT2D eigenvalue weighted by Crippen LogP contribution is -2.54. The van der Waals surface area contributed by atoms with Crippen LogP contribution in [0.25, 0.3) is 0 Å². The number of carbonyl (C=O) groups excluding carboxylic acids is 3. The largest absolute Gasteiger partial charge is 0.463 e. The number of aromatic nitrogens is 2. The summed E-state index contributed by atoms with van der Waals surface area (Å²) in [6.07, 6.45) is 1.02. The van der Waals surface area contributed by atoms with Crippen molar-refractivity contribution in [2.24, 2.45) is 0 Å². The van der Waals surface area contributed by atoms with Gasteiger partial charge in [0.2, 0.25) is 6.29 Å². The van der Waals surface area contributed by atoms with E-state index in [1.807, 2.05) is 0 Å². The molecule has 0 amide bonds. The number of hydrogen-bond donors (Lipinski definition) is 0. The smallest absolute Gasteiger partial charge is 0.303 e. The molecule has 11 nitrogen and oxygen atoms in total. The maximum absolute atomic E-state index is 11.7. The van der Waals surface area contributed by atoms with Gasteiger partial charge in [-0.1, -0.05) is 12.1 Å². The van der Waals surface area contributed by atoms with E-state index in [4.69, 9.17) is 28.5 Å². The molecule has 1 aliphatic heterocycles. The van der Waals surface area contributed by atoms with Gasteiger partial charge >= 0.3 is 17.9 Å². The second-order valence-corrected chi connectivity index (χ2v) is 6.94. The summed E-state index contributed by atoms with van der Waals surface area (Å²) < 4.78 is 29.0. The van der Waals surface area contributed by atoms with Crippen molar-refractivity contribution in [3.8, 4) is 11.5 Å². The van der Waals surface area contributed by atoms with E-state index in [0.717, 1.165) is 0 Å². The molecule has 1 saturated heterocycles. The Morgan fingerprint density at radius 2 is 1.78 bits per heavy atom. The molecule has 3 rings (SSSR count). The molecule has 0 aliphatic carbocycles. The Morgan fingerprint density at radius 1 is 1.06 bits per heavy atom. The lowest BCUT2D eigenvalue weighted by atomic mass is 10.0. The molecule has 0 radical (unpaired) electrons. The van der Waals surface area contributed by atoms with Crippen LogP contribution in [-0.2, 0) is 33.3 Å². The van der Waals surface area contributed by atoms with Gasteiger partial charge in [0.05, 0.1) is 12.6 Å². The Kier molecular flexibility index (Phi) is 7.66. The molecule has 2 aromatic rings. The minimum absolute atomic E-state index is 0.0630. The quantitative estimate of drug-likeness (QED) is 0.435.